The highest BCUT2D eigenvalue weighted by atomic mass is 32.2. The van der Waals surface area contributed by atoms with Crippen LogP contribution in [0.25, 0.3) is 0 Å². The van der Waals surface area contributed by atoms with Crippen LogP contribution in [0.3, 0.4) is 0 Å². The topological polar surface area (TPSA) is 37.3 Å². The van der Waals surface area contributed by atoms with Crippen molar-refractivity contribution in [1.29, 1.82) is 0 Å². The fraction of sp³-hybridized carbons (Fsp3) is 0.500. The number of thiocarbonyl (C=S) groups is 1. The van der Waals surface area contributed by atoms with E-state index in [-0.39, 0.29) is 6.42 Å². The Labute approximate surface area is 57.3 Å². The van der Waals surface area contributed by atoms with Gasteiger partial charge in [-0.2, -0.15) is 0 Å². The molecule has 0 atom stereocenters. The lowest BCUT2D eigenvalue weighted by atomic mass is 10.5. The first-order valence-electron chi connectivity index (χ1n) is 2.04. The Bertz CT molecular complexity index is 92.0. The summed E-state index contributed by atoms with van der Waals surface area (Å²) in [5.41, 5.74) is 0. The predicted molar refractivity (Wildman–Crippen MR) is 38.4 cm³/mol. The van der Waals surface area contributed by atoms with Crippen molar-refractivity contribution in [3.8, 4) is 0 Å². The normalized spacial score (nSPS) is 8.50. The molecule has 0 radical (unpaired) electrons. The first-order chi connectivity index (χ1) is 3.77. The zero-order valence-electron chi connectivity index (χ0n) is 4.16. The summed E-state index contributed by atoms with van der Waals surface area (Å²) in [5, 5.41) is 8.08. The molecule has 0 spiro atoms. The standard InChI is InChI=1S/C4H6O2S2/c5-4(6)1-2-8-3-7/h3H,1-2H2,(H,5,6). The summed E-state index contributed by atoms with van der Waals surface area (Å²) in [6.45, 7) is 0. The number of aliphatic carboxylic acids is 1. The molecule has 1 N–H and O–H groups in total. The average molecular weight is 150 g/mol. The van der Waals surface area contributed by atoms with E-state index in [2.05, 4.69) is 12.2 Å². The second kappa shape index (κ2) is 5.05. The molecule has 46 valence electrons. The van der Waals surface area contributed by atoms with Crippen LogP contribution < -0.4 is 0 Å². The molecule has 0 saturated heterocycles. The summed E-state index contributed by atoms with van der Waals surface area (Å²) < 4.78 is 1.48. The molecule has 4 heteroatoms. The highest BCUT2D eigenvalue weighted by Gasteiger charge is 1.92. The van der Waals surface area contributed by atoms with Crippen LogP contribution >= 0.6 is 24.0 Å². The minimum atomic E-state index is -0.769. The van der Waals surface area contributed by atoms with E-state index in [1.807, 2.05) is 0 Å². The van der Waals surface area contributed by atoms with Crippen molar-refractivity contribution in [2.24, 2.45) is 0 Å². The van der Waals surface area contributed by atoms with E-state index >= 15 is 0 Å². The van der Waals surface area contributed by atoms with Crippen LogP contribution in [0.5, 0.6) is 0 Å². The van der Waals surface area contributed by atoms with Crippen molar-refractivity contribution < 1.29 is 9.90 Å². The largest absolute Gasteiger partial charge is 0.481 e. The number of carboxylic acid groups (broad SMARTS) is 1. The van der Waals surface area contributed by atoms with Gasteiger partial charge in [0.1, 0.15) is 0 Å². The second-order valence-corrected chi connectivity index (χ2v) is 2.62. The van der Waals surface area contributed by atoms with Crippen molar-refractivity contribution in [2.75, 3.05) is 5.75 Å². The first-order valence-corrected chi connectivity index (χ1v) is 3.56. The van der Waals surface area contributed by atoms with Crippen LogP contribution in [0.15, 0.2) is 0 Å². The van der Waals surface area contributed by atoms with Gasteiger partial charge in [0.15, 0.2) is 0 Å². The van der Waals surface area contributed by atoms with Crippen molar-refractivity contribution in [1.82, 2.24) is 0 Å². The number of hydrogen-bond donors (Lipinski definition) is 1. The third kappa shape index (κ3) is 5.91. The minimum Gasteiger partial charge on any atom is -0.481 e. The molecule has 0 unspecified atom stereocenters. The van der Waals surface area contributed by atoms with Crippen molar-refractivity contribution in [3.63, 3.8) is 0 Å². The van der Waals surface area contributed by atoms with Crippen molar-refractivity contribution in [3.05, 3.63) is 0 Å². The molecule has 0 bridgehead atoms. The second-order valence-electron chi connectivity index (χ2n) is 1.11. The third-order valence-electron chi connectivity index (χ3n) is 0.502. The molecule has 0 aromatic heterocycles. The van der Waals surface area contributed by atoms with Gasteiger partial charge in [-0.1, -0.05) is 12.2 Å². The molecule has 0 heterocycles. The Morgan fingerprint density at radius 1 is 1.88 bits per heavy atom. The molecule has 0 aliphatic heterocycles. The summed E-state index contributed by atoms with van der Waals surface area (Å²) >= 11 is 5.79. The van der Waals surface area contributed by atoms with Crippen LogP contribution in [0.2, 0.25) is 0 Å². The number of rotatable bonds is 4. The van der Waals surface area contributed by atoms with Gasteiger partial charge in [-0.15, -0.1) is 11.8 Å². The Hall–Kier alpha value is -0.0900. The van der Waals surface area contributed by atoms with E-state index in [9.17, 15) is 4.79 Å². The number of hydrogen-bond acceptors (Lipinski definition) is 3. The lowest BCUT2D eigenvalue weighted by Gasteiger charge is -1.86. The Morgan fingerprint density at radius 3 is 2.88 bits per heavy atom. The quantitative estimate of drug-likeness (QED) is 0.482. The van der Waals surface area contributed by atoms with Gasteiger partial charge in [0, 0.05) is 10.5 Å². The molecule has 0 amide bonds. The maximum absolute atomic E-state index is 9.81. The highest BCUT2D eigenvalue weighted by molar-refractivity contribution is 8.20. The van der Waals surface area contributed by atoms with Gasteiger partial charge < -0.3 is 5.11 Å². The van der Waals surface area contributed by atoms with Gasteiger partial charge in [-0.3, -0.25) is 4.79 Å². The van der Waals surface area contributed by atoms with E-state index in [4.69, 9.17) is 5.11 Å². The fourth-order valence-corrected chi connectivity index (χ4v) is 0.872. The lowest BCUT2D eigenvalue weighted by molar-refractivity contribution is -0.136. The number of carbonyl (C=O) groups is 1. The summed E-state index contributed by atoms with van der Waals surface area (Å²) in [6.07, 6.45) is 0.192. The van der Waals surface area contributed by atoms with Crippen LogP contribution in [0, 0.1) is 0 Å². The molecule has 0 rings (SSSR count). The summed E-state index contributed by atoms with van der Waals surface area (Å²) in [6, 6.07) is 0. The number of thioether (sulfide) groups is 1. The van der Waals surface area contributed by atoms with Gasteiger partial charge in [0.05, 0.1) is 6.42 Å². The van der Waals surface area contributed by atoms with Gasteiger partial charge in [0.25, 0.3) is 0 Å². The predicted octanol–water partition coefficient (Wildman–Crippen LogP) is 1.15. The first kappa shape index (κ1) is 7.91. The molecule has 0 aromatic rings. The molecule has 0 aliphatic carbocycles. The Balaban J connectivity index is 2.93. The van der Waals surface area contributed by atoms with Crippen LogP contribution in [0.1, 0.15) is 6.42 Å². The van der Waals surface area contributed by atoms with Gasteiger partial charge in [-0.25, -0.2) is 0 Å². The Kier molecular flexibility index (Phi) is 5.00. The molecule has 8 heavy (non-hydrogen) atoms. The third-order valence-corrected chi connectivity index (χ3v) is 1.49. The molecule has 0 saturated carbocycles. The van der Waals surface area contributed by atoms with E-state index in [1.165, 1.54) is 16.5 Å². The maximum atomic E-state index is 9.81. The fourth-order valence-electron chi connectivity index (χ4n) is 0.194. The van der Waals surface area contributed by atoms with E-state index in [0.29, 0.717) is 5.75 Å². The summed E-state index contributed by atoms with van der Waals surface area (Å²) in [4.78, 5) is 9.81. The van der Waals surface area contributed by atoms with E-state index in [0.717, 1.165) is 0 Å². The minimum absolute atomic E-state index is 0.192. The van der Waals surface area contributed by atoms with Crippen molar-refractivity contribution >= 4 is 34.6 Å². The molecule has 0 fully saturated rings. The molecular formula is C4H6O2S2. The van der Waals surface area contributed by atoms with Gasteiger partial charge in [0.2, 0.25) is 0 Å². The maximum Gasteiger partial charge on any atom is 0.304 e. The smallest absolute Gasteiger partial charge is 0.304 e. The zero-order valence-corrected chi connectivity index (χ0v) is 5.80. The monoisotopic (exact) mass is 150 g/mol. The molecular weight excluding hydrogens is 144 g/mol. The number of carboxylic acids is 1. The summed E-state index contributed by atoms with van der Waals surface area (Å²) in [7, 11) is 0. The van der Waals surface area contributed by atoms with Crippen LogP contribution in [-0.2, 0) is 4.79 Å². The highest BCUT2D eigenvalue weighted by Crippen LogP contribution is 1.96. The van der Waals surface area contributed by atoms with Crippen LogP contribution in [-0.4, -0.2) is 21.5 Å². The molecule has 0 aliphatic rings. The van der Waals surface area contributed by atoms with E-state index < -0.39 is 5.97 Å². The van der Waals surface area contributed by atoms with Gasteiger partial charge in [-0.05, 0) is 0 Å². The zero-order chi connectivity index (χ0) is 6.41. The van der Waals surface area contributed by atoms with Crippen LogP contribution in [0.4, 0.5) is 0 Å². The van der Waals surface area contributed by atoms with Gasteiger partial charge >= 0.3 is 5.97 Å². The lowest BCUT2D eigenvalue weighted by Crippen LogP contribution is -1.95. The van der Waals surface area contributed by atoms with Crippen molar-refractivity contribution in [2.45, 2.75) is 6.42 Å². The Morgan fingerprint density at radius 2 is 2.50 bits per heavy atom. The van der Waals surface area contributed by atoms with E-state index in [1.54, 1.807) is 0 Å². The molecule has 2 nitrogen and oxygen atoms in total. The molecule has 0 aromatic carbocycles. The summed E-state index contributed by atoms with van der Waals surface area (Å²) in [5.74, 6) is -0.187. The average Bonchev–Trinajstić information content (AvgIpc) is 1.66. The SMILES string of the molecule is O=C(O)CCSC=S.